The van der Waals surface area contributed by atoms with Crippen LogP contribution < -0.4 is 10.2 Å². The Hall–Kier alpha value is -2.47. The summed E-state index contributed by atoms with van der Waals surface area (Å²) in [5.41, 5.74) is 0.122. The van der Waals surface area contributed by atoms with E-state index < -0.39 is 4.92 Å². The lowest BCUT2D eigenvalue weighted by Crippen LogP contribution is -2.30. The van der Waals surface area contributed by atoms with Gasteiger partial charge in [-0.05, 0) is 6.92 Å². The van der Waals surface area contributed by atoms with E-state index in [0.717, 1.165) is 0 Å². The van der Waals surface area contributed by atoms with Gasteiger partial charge in [0.25, 0.3) is 0 Å². The number of hydrogen-bond donors (Lipinski definition) is 1. The fourth-order valence-corrected chi connectivity index (χ4v) is 1.81. The number of methoxy groups -OCH3 is 1. The summed E-state index contributed by atoms with van der Waals surface area (Å²) in [4.78, 5) is 20.6. The molecule has 21 heavy (non-hydrogen) atoms. The van der Waals surface area contributed by atoms with Crippen molar-refractivity contribution in [3.63, 3.8) is 0 Å². The molecule has 9 heteroatoms. The summed E-state index contributed by atoms with van der Waals surface area (Å²) in [6.07, 6.45) is 0.235. The van der Waals surface area contributed by atoms with E-state index in [1.165, 1.54) is 0 Å². The van der Waals surface area contributed by atoms with E-state index in [1.807, 2.05) is 6.07 Å². The van der Waals surface area contributed by atoms with Crippen molar-refractivity contribution in [2.24, 2.45) is 0 Å². The number of aromatic nitrogens is 2. The van der Waals surface area contributed by atoms with Crippen LogP contribution >= 0.6 is 0 Å². The molecule has 0 aliphatic rings. The molecule has 0 fully saturated rings. The van der Waals surface area contributed by atoms with E-state index >= 15 is 0 Å². The molecule has 0 spiro atoms. The summed E-state index contributed by atoms with van der Waals surface area (Å²) in [6.45, 7) is 2.67. The van der Waals surface area contributed by atoms with Crippen LogP contribution in [0.1, 0.15) is 12.1 Å². The zero-order valence-electron chi connectivity index (χ0n) is 12.3. The highest BCUT2D eigenvalue weighted by atomic mass is 16.6. The second-order valence-electron chi connectivity index (χ2n) is 4.20. The molecule has 1 N–H and O–H groups in total. The first-order valence-corrected chi connectivity index (χ1v) is 6.36. The number of anilines is 2. The van der Waals surface area contributed by atoms with Crippen molar-refractivity contribution in [1.82, 2.24) is 9.97 Å². The van der Waals surface area contributed by atoms with E-state index in [0.29, 0.717) is 25.6 Å². The van der Waals surface area contributed by atoms with E-state index in [4.69, 9.17) is 10.00 Å². The molecule has 0 bridgehead atoms. The van der Waals surface area contributed by atoms with E-state index in [1.54, 1.807) is 26.0 Å². The van der Waals surface area contributed by atoms with Gasteiger partial charge in [-0.15, -0.1) is 0 Å². The molecule has 1 aromatic rings. The smallest absolute Gasteiger partial charge is 0.332 e. The van der Waals surface area contributed by atoms with Crippen LogP contribution in [0.4, 0.5) is 17.5 Å². The lowest BCUT2D eigenvalue weighted by Gasteiger charge is -2.22. The standard InChI is InChI=1S/C12H18N6O3/c1-9-10(18(19)20)11(16-12(14-2)15-9)17(6-4-5-13)7-8-21-3/h4,6-8H2,1-3H3,(H,14,15,16). The van der Waals surface area contributed by atoms with E-state index in [-0.39, 0.29) is 23.6 Å². The molecule has 0 atom stereocenters. The van der Waals surface area contributed by atoms with Crippen LogP contribution in [0.3, 0.4) is 0 Å². The Morgan fingerprint density at radius 3 is 2.71 bits per heavy atom. The van der Waals surface area contributed by atoms with E-state index in [9.17, 15) is 10.1 Å². The van der Waals surface area contributed by atoms with Crippen LogP contribution in [0, 0.1) is 28.4 Å². The van der Waals surface area contributed by atoms with E-state index in [2.05, 4.69) is 15.3 Å². The molecule has 9 nitrogen and oxygen atoms in total. The van der Waals surface area contributed by atoms with Crippen molar-refractivity contribution in [1.29, 1.82) is 5.26 Å². The van der Waals surface area contributed by atoms with Gasteiger partial charge in [-0.1, -0.05) is 0 Å². The lowest BCUT2D eigenvalue weighted by atomic mass is 10.3. The molecule has 0 unspecified atom stereocenters. The predicted octanol–water partition coefficient (Wildman–Crippen LogP) is 1.10. The van der Waals surface area contributed by atoms with Crippen LogP contribution in [-0.2, 0) is 4.74 Å². The lowest BCUT2D eigenvalue weighted by molar-refractivity contribution is -0.385. The van der Waals surface area contributed by atoms with Crippen molar-refractivity contribution in [2.75, 3.05) is 44.1 Å². The van der Waals surface area contributed by atoms with Gasteiger partial charge in [0, 0.05) is 27.2 Å². The van der Waals surface area contributed by atoms with Crippen molar-refractivity contribution in [3.8, 4) is 6.07 Å². The molecule has 0 saturated heterocycles. The Balaban J connectivity index is 3.28. The third-order valence-electron chi connectivity index (χ3n) is 2.80. The molecule has 0 saturated carbocycles. The minimum Gasteiger partial charge on any atom is -0.383 e. The van der Waals surface area contributed by atoms with Gasteiger partial charge in [0.1, 0.15) is 5.69 Å². The maximum Gasteiger partial charge on any atom is 0.332 e. The number of rotatable bonds is 8. The summed E-state index contributed by atoms with van der Waals surface area (Å²) in [5, 5.41) is 22.8. The highest BCUT2D eigenvalue weighted by Gasteiger charge is 2.26. The molecule has 114 valence electrons. The highest BCUT2D eigenvalue weighted by Crippen LogP contribution is 2.29. The van der Waals surface area contributed by atoms with Gasteiger partial charge < -0.3 is 15.0 Å². The third kappa shape index (κ3) is 4.25. The van der Waals surface area contributed by atoms with Gasteiger partial charge in [-0.3, -0.25) is 10.1 Å². The summed E-state index contributed by atoms with van der Waals surface area (Å²) in [6, 6.07) is 2.02. The largest absolute Gasteiger partial charge is 0.383 e. The van der Waals surface area contributed by atoms with Crippen LogP contribution in [0.5, 0.6) is 0 Å². The first-order valence-electron chi connectivity index (χ1n) is 6.36. The quantitative estimate of drug-likeness (QED) is 0.559. The zero-order valence-corrected chi connectivity index (χ0v) is 12.3. The number of nitrogens with zero attached hydrogens (tertiary/aromatic N) is 5. The van der Waals surface area contributed by atoms with Crippen LogP contribution in [0.2, 0.25) is 0 Å². The minimum absolute atomic E-state index is 0.150. The number of nitro groups is 1. The van der Waals surface area contributed by atoms with Crippen molar-refractivity contribution < 1.29 is 9.66 Å². The summed E-state index contributed by atoms with van der Waals surface area (Å²) in [7, 11) is 3.18. The van der Waals surface area contributed by atoms with Gasteiger partial charge in [0.05, 0.1) is 24.0 Å². The van der Waals surface area contributed by atoms with Crippen LogP contribution in [0.25, 0.3) is 0 Å². The van der Waals surface area contributed by atoms with Crippen molar-refractivity contribution in [2.45, 2.75) is 13.3 Å². The zero-order chi connectivity index (χ0) is 15.8. The van der Waals surface area contributed by atoms with Crippen molar-refractivity contribution in [3.05, 3.63) is 15.8 Å². The van der Waals surface area contributed by atoms with Gasteiger partial charge in [-0.25, -0.2) is 4.98 Å². The second kappa shape index (κ2) is 7.96. The number of nitrogens with one attached hydrogen (secondary N) is 1. The fraction of sp³-hybridized carbons (Fsp3) is 0.583. The normalized spacial score (nSPS) is 10.0. The van der Waals surface area contributed by atoms with Crippen LogP contribution in [0.15, 0.2) is 0 Å². The third-order valence-corrected chi connectivity index (χ3v) is 2.80. The minimum atomic E-state index is -0.504. The molecule has 1 rings (SSSR count). The average molecular weight is 294 g/mol. The Morgan fingerprint density at radius 2 is 2.19 bits per heavy atom. The molecule has 0 aliphatic carbocycles. The SMILES string of the molecule is CNc1nc(C)c([N+](=O)[O-])c(N(CCC#N)CCOC)n1. The Kier molecular flexibility index (Phi) is 6.29. The van der Waals surface area contributed by atoms with Gasteiger partial charge >= 0.3 is 5.69 Å². The van der Waals surface area contributed by atoms with Crippen LogP contribution in [-0.4, -0.2) is 48.7 Å². The fourth-order valence-electron chi connectivity index (χ4n) is 1.81. The molecule has 1 aromatic heterocycles. The molecular weight excluding hydrogens is 276 g/mol. The highest BCUT2D eigenvalue weighted by molar-refractivity contribution is 5.62. The van der Waals surface area contributed by atoms with Gasteiger partial charge in [-0.2, -0.15) is 10.2 Å². The number of nitriles is 1. The molecule has 0 aliphatic heterocycles. The summed E-state index contributed by atoms with van der Waals surface area (Å²) >= 11 is 0. The Bertz CT molecular complexity index is 543. The topological polar surface area (TPSA) is 117 Å². The first-order chi connectivity index (χ1) is 10.0. The molecular formula is C12H18N6O3. The maximum absolute atomic E-state index is 11.3. The maximum atomic E-state index is 11.3. The Morgan fingerprint density at radius 1 is 1.48 bits per heavy atom. The second-order valence-corrected chi connectivity index (χ2v) is 4.20. The van der Waals surface area contributed by atoms with Gasteiger partial charge in [0.15, 0.2) is 0 Å². The van der Waals surface area contributed by atoms with Gasteiger partial charge in [0.2, 0.25) is 11.8 Å². The average Bonchev–Trinajstić information content (AvgIpc) is 2.46. The molecule has 0 amide bonds. The molecule has 1 heterocycles. The monoisotopic (exact) mass is 294 g/mol. The summed E-state index contributed by atoms with van der Waals surface area (Å²) in [5.74, 6) is 0.497. The summed E-state index contributed by atoms with van der Waals surface area (Å²) < 4.78 is 5.01. The number of aryl methyl sites for hydroxylation is 1. The number of hydrogen-bond acceptors (Lipinski definition) is 8. The van der Waals surface area contributed by atoms with Crippen molar-refractivity contribution >= 4 is 17.5 Å². The predicted molar refractivity (Wildman–Crippen MR) is 77.3 cm³/mol. The molecule has 0 radical (unpaired) electrons. The Labute approximate surface area is 122 Å². The first kappa shape index (κ1) is 16.6. The number of ether oxygens (including phenoxy) is 1. The molecule has 0 aromatic carbocycles.